The highest BCUT2D eigenvalue weighted by atomic mass is 79.9. The molecule has 0 radical (unpaired) electrons. The van der Waals surface area contributed by atoms with Crippen molar-refractivity contribution < 1.29 is 4.79 Å². The topological polar surface area (TPSA) is 32.3 Å². The maximum absolute atomic E-state index is 12.1. The number of amides is 2. The zero-order valence-corrected chi connectivity index (χ0v) is 12.5. The van der Waals surface area contributed by atoms with Crippen LogP contribution >= 0.6 is 15.9 Å². The van der Waals surface area contributed by atoms with Gasteiger partial charge in [-0.2, -0.15) is 0 Å². The normalized spacial score (nSPS) is 19.7. The van der Waals surface area contributed by atoms with Gasteiger partial charge in [0.15, 0.2) is 0 Å². The first-order valence-electron chi connectivity index (χ1n) is 6.38. The highest BCUT2D eigenvalue weighted by Gasteiger charge is 2.20. The molecule has 1 N–H and O–H groups in total. The Kier molecular flexibility index (Phi) is 4.27. The van der Waals surface area contributed by atoms with Gasteiger partial charge in [-0.25, -0.2) is 4.79 Å². The molecule has 1 aliphatic heterocycles. The lowest BCUT2D eigenvalue weighted by molar-refractivity contribution is 0.182. The fraction of sp³-hybridized carbons (Fsp3) is 0.500. The molecule has 1 saturated heterocycles. The van der Waals surface area contributed by atoms with Crippen LogP contribution in [-0.4, -0.2) is 24.0 Å². The summed E-state index contributed by atoms with van der Waals surface area (Å²) in [7, 11) is 0. The first kappa shape index (κ1) is 13.4. The Morgan fingerprint density at radius 1 is 1.44 bits per heavy atom. The van der Waals surface area contributed by atoms with Crippen LogP contribution in [0.25, 0.3) is 0 Å². The minimum Gasteiger partial charge on any atom is -0.324 e. The van der Waals surface area contributed by atoms with Gasteiger partial charge in [0.2, 0.25) is 0 Å². The van der Waals surface area contributed by atoms with Crippen molar-refractivity contribution in [2.45, 2.75) is 26.7 Å². The Morgan fingerprint density at radius 3 is 2.89 bits per heavy atom. The summed E-state index contributed by atoms with van der Waals surface area (Å²) in [6, 6.07) is 5.95. The van der Waals surface area contributed by atoms with Crippen LogP contribution in [0, 0.1) is 12.8 Å². The number of carbonyl (C=O) groups is 1. The molecule has 0 bridgehead atoms. The molecule has 0 aromatic heterocycles. The van der Waals surface area contributed by atoms with Crippen molar-refractivity contribution in [1.29, 1.82) is 0 Å². The van der Waals surface area contributed by atoms with Crippen LogP contribution in [0.1, 0.15) is 25.3 Å². The van der Waals surface area contributed by atoms with E-state index in [1.807, 2.05) is 30.0 Å². The van der Waals surface area contributed by atoms with Crippen LogP contribution in [0.2, 0.25) is 0 Å². The van der Waals surface area contributed by atoms with E-state index in [4.69, 9.17) is 0 Å². The number of rotatable bonds is 1. The van der Waals surface area contributed by atoms with Gasteiger partial charge in [0.1, 0.15) is 0 Å². The fourth-order valence-corrected chi connectivity index (χ4v) is 2.99. The largest absolute Gasteiger partial charge is 0.324 e. The van der Waals surface area contributed by atoms with E-state index >= 15 is 0 Å². The van der Waals surface area contributed by atoms with Crippen LogP contribution in [0.4, 0.5) is 10.5 Å². The molecular weight excluding hydrogens is 292 g/mol. The molecular formula is C14H19BrN2O. The third-order valence-electron chi connectivity index (χ3n) is 3.24. The highest BCUT2D eigenvalue weighted by Crippen LogP contribution is 2.21. The average Bonchev–Trinajstić information content (AvgIpc) is 2.27. The molecule has 18 heavy (non-hydrogen) atoms. The number of nitrogens with zero attached hydrogens (tertiary/aromatic N) is 1. The molecule has 1 atom stereocenters. The van der Waals surface area contributed by atoms with E-state index < -0.39 is 0 Å². The second-order valence-electron chi connectivity index (χ2n) is 5.14. The smallest absolute Gasteiger partial charge is 0.321 e. The molecule has 1 heterocycles. The van der Waals surface area contributed by atoms with E-state index in [1.54, 1.807) is 0 Å². The molecule has 0 saturated carbocycles. The lowest BCUT2D eigenvalue weighted by Gasteiger charge is -2.31. The van der Waals surface area contributed by atoms with Crippen molar-refractivity contribution in [2.24, 2.45) is 5.92 Å². The zero-order chi connectivity index (χ0) is 13.1. The molecule has 2 amide bonds. The maximum Gasteiger partial charge on any atom is 0.321 e. The Balaban J connectivity index is 2.02. The van der Waals surface area contributed by atoms with Gasteiger partial charge in [-0.15, -0.1) is 0 Å². The van der Waals surface area contributed by atoms with Crippen molar-refractivity contribution in [1.82, 2.24) is 4.90 Å². The minimum atomic E-state index is 0.0130. The molecule has 1 aliphatic rings. The van der Waals surface area contributed by atoms with Gasteiger partial charge in [-0.05, 0) is 49.4 Å². The van der Waals surface area contributed by atoms with Gasteiger partial charge in [0.25, 0.3) is 0 Å². The Morgan fingerprint density at radius 2 is 2.22 bits per heavy atom. The van der Waals surface area contributed by atoms with E-state index in [9.17, 15) is 4.79 Å². The summed E-state index contributed by atoms with van der Waals surface area (Å²) in [6.45, 7) is 5.94. The summed E-state index contributed by atoms with van der Waals surface area (Å²) in [6.07, 6.45) is 2.33. The fourth-order valence-electron chi connectivity index (χ4n) is 2.38. The second-order valence-corrected chi connectivity index (χ2v) is 6.06. The van der Waals surface area contributed by atoms with Crippen molar-refractivity contribution in [2.75, 3.05) is 18.4 Å². The third-order valence-corrected chi connectivity index (χ3v) is 3.70. The summed E-state index contributed by atoms with van der Waals surface area (Å²) in [5.41, 5.74) is 1.98. The standard InChI is InChI=1S/C14H19BrN2O/c1-10-4-3-5-17(9-10)14(18)16-13-7-11(2)6-12(15)8-13/h6-8,10H,3-5,9H2,1-2H3,(H,16,18). The summed E-state index contributed by atoms with van der Waals surface area (Å²) < 4.78 is 0.991. The molecule has 1 aromatic rings. The number of carbonyl (C=O) groups excluding carboxylic acids is 1. The lowest BCUT2D eigenvalue weighted by atomic mass is 10.0. The first-order chi connectivity index (χ1) is 8.54. The van der Waals surface area contributed by atoms with E-state index in [0.717, 1.165) is 35.2 Å². The molecule has 4 heteroatoms. The van der Waals surface area contributed by atoms with Crippen molar-refractivity contribution in [3.8, 4) is 0 Å². The Labute approximate surface area is 117 Å². The second kappa shape index (κ2) is 5.74. The van der Waals surface area contributed by atoms with Gasteiger partial charge in [0.05, 0.1) is 0 Å². The van der Waals surface area contributed by atoms with E-state index in [1.165, 1.54) is 6.42 Å². The number of piperidine rings is 1. The van der Waals surface area contributed by atoms with E-state index in [-0.39, 0.29) is 6.03 Å². The van der Waals surface area contributed by atoms with Gasteiger partial charge in [0, 0.05) is 23.2 Å². The lowest BCUT2D eigenvalue weighted by Crippen LogP contribution is -2.41. The highest BCUT2D eigenvalue weighted by molar-refractivity contribution is 9.10. The summed E-state index contributed by atoms with van der Waals surface area (Å²) in [5, 5.41) is 2.97. The molecule has 0 aliphatic carbocycles. The minimum absolute atomic E-state index is 0.0130. The predicted molar refractivity (Wildman–Crippen MR) is 77.9 cm³/mol. The van der Waals surface area contributed by atoms with Crippen LogP contribution in [0.15, 0.2) is 22.7 Å². The van der Waals surface area contributed by atoms with Crippen LogP contribution in [0.3, 0.4) is 0 Å². The molecule has 2 rings (SSSR count). The number of halogens is 1. The van der Waals surface area contributed by atoms with Crippen molar-refractivity contribution >= 4 is 27.6 Å². The third kappa shape index (κ3) is 3.48. The van der Waals surface area contributed by atoms with E-state index in [2.05, 4.69) is 28.2 Å². The predicted octanol–water partition coefficient (Wildman–Crippen LogP) is 4.02. The number of urea groups is 1. The van der Waals surface area contributed by atoms with Crippen molar-refractivity contribution in [3.63, 3.8) is 0 Å². The van der Waals surface area contributed by atoms with Gasteiger partial charge < -0.3 is 10.2 Å². The van der Waals surface area contributed by atoms with E-state index in [0.29, 0.717) is 5.92 Å². The van der Waals surface area contributed by atoms with Gasteiger partial charge in [-0.3, -0.25) is 0 Å². The van der Waals surface area contributed by atoms with Crippen LogP contribution < -0.4 is 5.32 Å². The molecule has 1 fully saturated rings. The monoisotopic (exact) mass is 310 g/mol. The molecule has 98 valence electrons. The number of likely N-dealkylation sites (tertiary alicyclic amines) is 1. The summed E-state index contributed by atoms with van der Waals surface area (Å²) in [4.78, 5) is 14.0. The van der Waals surface area contributed by atoms with Crippen LogP contribution in [0.5, 0.6) is 0 Å². The number of nitrogens with one attached hydrogen (secondary N) is 1. The zero-order valence-electron chi connectivity index (χ0n) is 10.9. The average molecular weight is 311 g/mol. The Bertz CT molecular complexity index is 427. The quantitative estimate of drug-likeness (QED) is 0.834. The summed E-state index contributed by atoms with van der Waals surface area (Å²) >= 11 is 3.44. The molecule has 1 aromatic carbocycles. The van der Waals surface area contributed by atoms with Gasteiger partial charge in [-0.1, -0.05) is 22.9 Å². The first-order valence-corrected chi connectivity index (χ1v) is 7.17. The number of anilines is 1. The molecule has 0 spiro atoms. The van der Waals surface area contributed by atoms with Crippen LogP contribution in [-0.2, 0) is 0 Å². The maximum atomic E-state index is 12.1. The van der Waals surface area contributed by atoms with Crippen molar-refractivity contribution in [3.05, 3.63) is 28.2 Å². The number of hydrogen-bond donors (Lipinski definition) is 1. The SMILES string of the molecule is Cc1cc(Br)cc(NC(=O)N2CCCC(C)C2)c1. The number of aryl methyl sites for hydroxylation is 1. The number of hydrogen-bond acceptors (Lipinski definition) is 1. The van der Waals surface area contributed by atoms with Gasteiger partial charge >= 0.3 is 6.03 Å². The summed E-state index contributed by atoms with van der Waals surface area (Å²) in [5.74, 6) is 0.605. The molecule has 1 unspecified atom stereocenters. The molecule has 3 nitrogen and oxygen atoms in total. The Hall–Kier alpha value is -1.03. The number of benzene rings is 1.